The Morgan fingerprint density at radius 2 is 1.36 bits per heavy atom. The van der Waals surface area contributed by atoms with Crippen molar-refractivity contribution in [2.24, 2.45) is 0 Å². The highest BCUT2D eigenvalue weighted by atomic mass is 19.3. The van der Waals surface area contributed by atoms with Crippen LogP contribution in [0.1, 0.15) is 90.4 Å². The van der Waals surface area contributed by atoms with Crippen LogP contribution in [0.3, 0.4) is 0 Å². The van der Waals surface area contributed by atoms with Crippen LogP contribution in [0.25, 0.3) is 0 Å². The van der Waals surface area contributed by atoms with Gasteiger partial charge < -0.3 is 14.2 Å². The minimum absolute atomic E-state index is 0.0972. The maximum Gasteiger partial charge on any atom is 0.507 e. The van der Waals surface area contributed by atoms with Crippen LogP contribution in [0.2, 0.25) is 0 Å². The largest absolute Gasteiger partial charge is 0.507 e. The third kappa shape index (κ3) is 8.43. The van der Waals surface area contributed by atoms with Crippen LogP contribution in [0.15, 0.2) is 72.9 Å². The van der Waals surface area contributed by atoms with Gasteiger partial charge in [-0.05, 0) is 79.0 Å². The predicted octanol–water partition coefficient (Wildman–Crippen LogP) is 7.83. The van der Waals surface area contributed by atoms with E-state index >= 15 is 4.39 Å². The molecule has 53 heavy (non-hydrogen) atoms. The van der Waals surface area contributed by atoms with Gasteiger partial charge in [-0.15, -0.1) is 0 Å². The molecule has 0 saturated heterocycles. The lowest BCUT2D eigenvalue weighted by Gasteiger charge is -2.31. The molecule has 0 bridgehead atoms. The Morgan fingerprint density at radius 3 is 2.08 bits per heavy atom. The Hall–Kier alpha value is -5.50. The van der Waals surface area contributed by atoms with E-state index in [1.54, 1.807) is 54.4 Å². The van der Waals surface area contributed by atoms with Crippen molar-refractivity contribution in [3.63, 3.8) is 0 Å². The highest BCUT2D eigenvalue weighted by molar-refractivity contribution is 6.03. The molecule has 3 aromatic carbocycles. The Morgan fingerprint density at radius 1 is 0.736 bits per heavy atom. The first-order chi connectivity index (χ1) is 25.2. The predicted molar refractivity (Wildman–Crippen MR) is 179 cm³/mol. The van der Waals surface area contributed by atoms with E-state index < -0.39 is 41.1 Å². The molecule has 4 aromatic rings. The summed E-state index contributed by atoms with van der Waals surface area (Å²) in [5.74, 6) is -3.26. The van der Waals surface area contributed by atoms with E-state index in [1.165, 1.54) is 12.3 Å². The molecule has 0 radical (unpaired) electrons. The van der Waals surface area contributed by atoms with Crippen LogP contribution in [0, 0.1) is 5.82 Å². The number of carbonyl (C=O) groups is 4. The number of aromatic nitrogens is 1. The monoisotopic (exact) mass is 736 g/mol. The molecule has 276 valence electrons. The normalized spacial score (nSPS) is 15.3. The lowest BCUT2D eigenvalue weighted by Crippen LogP contribution is -2.52. The van der Waals surface area contributed by atoms with Gasteiger partial charge in [-0.25, -0.2) is 9.37 Å². The summed E-state index contributed by atoms with van der Waals surface area (Å²) in [5, 5.41) is 0. The number of hydrogen-bond acceptors (Lipinski definition) is 9. The molecule has 0 spiro atoms. The molecule has 9 nitrogen and oxygen atoms in total. The molecule has 14 heteroatoms. The number of fused-ring (bicyclic) bond motifs is 2. The number of Topliss-reactive ketones (excluding diaryl/α,β-unsaturated/α-hetero) is 4. The second-order valence-electron chi connectivity index (χ2n) is 12.9. The van der Waals surface area contributed by atoms with Gasteiger partial charge in [0.2, 0.25) is 0 Å². The molecule has 0 unspecified atom stereocenters. The number of alkyl halides is 4. The van der Waals surface area contributed by atoms with Gasteiger partial charge in [-0.1, -0.05) is 24.3 Å². The van der Waals surface area contributed by atoms with E-state index in [2.05, 4.69) is 14.5 Å². The number of pyridine rings is 1. The van der Waals surface area contributed by atoms with Crippen molar-refractivity contribution in [3.8, 4) is 17.2 Å². The van der Waals surface area contributed by atoms with Crippen molar-refractivity contribution < 1.29 is 55.3 Å². The summed E-state index contributed by atoms with van der Waals surface area (Å²) >= 11 is 0. The molecule has 0 aliphatic carbocycles. The summed E-state index contributed by atoms with van der Waals surface area (Å²) in [6.45, 7) is 1.08. The number of aryl methyl sites for hydroxylation is 1. The average molecular weight is 737 g/mol. The molecule has 1 aromatic heterocycles. The van der Waals surface area contributed by atoms with Crippen LogP contribution in [0.4, 0.5) is 22.0 Å². The highest BCUT2D eigenvalue weighted by Gasteiger charge is 2.66. The zero-order chi connectivity index (χ0) is 37.9. The lowest BCUT2D eigenvalue weighted by atomic mass is 9.97. The quantitative estimate of drug-likeness (QED) is 0.0945. The SMILES string of the molecule is CN(Cc1cnc(C(=O)CCC(=O)c2ccc3c(c2)CCCO3)c(F)c1)Cc1ccccc1C(=O)CCC(=O)c1ccc2c(c1)OC(F)(F)C(F)(F)O2. The maximum absolute atomic E-state index is 15.1. The van der Waals surface area contributed by atoms with Crippen LogP contribution >= 0.6 is 0 Å². The van der Waals surface area contributed by atoms with Gasteiger partial charge in [-0.3, -0.25) is 24.1 Å². The van der Waals surface area contributed by atoms with Crippen LogP contribution < -0.4 is 14.2 Å². The number of ether oxygens (including phenoxy) is 3. The molecule has 0 N–H and O–H groups in total. The van der Waals surface area contributed by atoms with Crippen LogP contribution in [0.5, 0.6) is 17.2 Å². The fraction of sp³-hybridized carbons (Fsp3) is 0.308. The third-order valence-corrected chi connectivity index (χ3v) is 8.84. The van der Waals surface area contributed by atoms with Gasteiger partial charge in [0.25, 0.3) is 0 Å². The number of benzene rings is 3. The van der Waals surface area contributed by atoms with E-state index in [4.69, 9.17) is 4.74 Å². The van der Waals surface area contributed by atoms with E-state index in [0.29, 0.717) is 28.9 Å². The van der Waals surface area contributed by atoms with Gasteiger partial charge in [0.05, 0.1) is 6.61 Å². The molecule has 3 heterocycles. The number of rotatable bonds is 14. The molecule has 2 aliphatic heterocycles. The second kappa shape index (κ2) is 15.2. The van der Waals surface area contributed by atoms with Crippen molar-refractivity contribution in [2.75, 3.05) is 13.7 Å². The van der Waals surface area contributed by atoms with Crippen molar-refractivity contribution in [1.29, 1.82) is 0 Å². The van der Waals surface area contributed by atoms with E-state index in [-0.39, 0.29) is 61.6 Å². The highest BCUT2D eigenvalue weighted by Crippen LogP contribution is 2.47. The fourth-order valence-corrected chi connectivity index (χ4v) is 6.13. The van der Waals surface area contributed by atoms with Gasteiger partial charge in [-0.2, -0.15) is 17.6 Å². The first kappa shape index (κ1) is 37.3. The number of nitrogens with zero attached hydrogens (tertiary/aromatic N) is 2. The summed E-state index contributed by atoms with van der Waals surface area (Å²) in [4.78, 5) is 57.4. The van der Waals surface area contributed by atoms with Crippen molar-refractivity contribution in [1.82, 2.24) is 9.88 Å². The van der Waals surface area contributed by atoms with Crippen molar-refractivity contribution >= 4 is 23.1 Å². The molecule has 0 saturated carbocycles. The van der Waals surface area contributed by atoms with Crippen LogP contribution in [-0.2, 0) is 19.5 Å². The van der Waals surface area contributed by atoms with Gasteiger partial charge >= 0.3 is 12.2 Å². The molecule has 0 atom stereocenters. The lowest BCUT2D eigenvalue weighted by molar-refractivity contribution is -0.391. The van der Waals surface area contributed by atoms with Gasteiger partial charge in [0, 0.05) is 61.7 Å². The van der Waals surface area contributed by atoms with Gasteiger partial charge in [0.1, 0.15) is 11.4 Å². The molecule has 2 aliphatic rings. The van der Waals surface area contributed by atoms with Crippen molar-refractivity contribution in [3.05, 3.63) is 118 Å². The number of halogens is 5. The first-order valence-corrected chi connectivity index (χ1v) is 16.8. The summed E-state index contributed by atoms with van der Waals surface area (Å²) in [6, 6.07) is 16.0. The summed E-state index contributed by atoms with van der Waals surface area (Å²) in [6.07, 6.45) is -7.63. The zero-order valence-corrected chi connectivity index (χ0v) is 28.4. The fourth-order valence-electron chi connectivity index (χ4n) is 6.13. The van der Waals surface area contributed by atoms with E-state index in [1.807, 2.05) is 0 Å². The number of ketones is 4. The summed E-state index contributed by atoms with van der Waals surface area (Å²) in [7, 11) is 1.74. The molecular weight excluding hydrogens is 703 g/mol. The number of carbonyl (C=O) groups excluding carboxylic acids is 4. The molecular formula is C39H33F5N2O7. The molecule has 6 rings (SSSR count). The molecule has 0 fully saturated rings. The van der Waals surface area contributed by atoms with Crippen molar-refractivity contribution in [2.45, 2.75) is 63.8 Å². The summed E-state index contributed by atoms with van der Waals surface area (Å²) in [5.41, 5.74) is 2.34. The van der Waals surface area contributed by atoms with E-state index in [9.17, 15) is 36.7 Å². The first-order valence-electron chi connectivity index (χ1n) is 16.8. The second-order valence-corrected chi connectivity index (χ2v) is 12.9. The Bertz CT molecular complexity index is 2090. The Kier molecular flexibility index (Phi) is 10.7. The summed E-state index contributed by atoms with van der Waals surface area (Å²) < 4.78 is 82.9. The topological polar surface area (TPSA) is 112 Å². The maximum atomic E-state index is 15.1. The standard InChI is InChI=1S/C39H33F5N2O7/c1-46(21-23-17-29(40)37(45-20-23)33(50)13-11-30(47)24-8-14-34-26(18-24)6-4-16-51-34)22-27-5-2-3-7-28(27)32(49)12-10-31(48)25-9-15-35-36(19-25)53-39(43,44)38(41,42)52-35/h2-3,5,7-9,14-15,17-20H,4,6,10-13,16,21-22H2,1H3. The minimum atomic E-state index is -4.94. The smallest absolute Gasteiger partial charge is 0.493 e. The molecule has 0 amide bonds. The average Bonchev–Trinajstić information content (AvgIpc) is 3.12. The third-order valence-electron chi connectivity index (χ3n) is 8.84. The Balaban J connectivity index is 1.02. The minimum Gasteiger partial charge on any atom is -0.493 e. The van der Waals surface area contributed by atoms with E-state index in [0.717, 1.165) is 42.4 Å². The zero-order valence-electron chi connectivity index (χ0n) is 28.4. The number of hydrogen-bond donors (Lipinski definition) is 0. The Labute approximate surface area is 300 Å². The van der Waals surface area contributed by atoms with Gasteiger partial charge in [0.15, 0.2) is 40.4 Å². The van der Waals surface area contributed by atoms with Crippen LogP contribution in [-0.4, -0.2) is 58.9 Å².